The van der Waals surface area contributed by atoms with Crippen LogP contribution in [0.25, 0.3) is 94.7 Å². The van der Waals surface area contributed by atoms with Gasteiger partial charge in [0.25, 0.3) is 0 Å². The maximum absolute atomic E-state index is 6.13. The molecule has 48 heavy (non-hydrogen) atoms. The van der Waals surface area contributed by atoms with Gasteiger partial charge < -0.3 is 8.83 Å². The lowest BCUT2D eigenvalue weighted by Gasteiger charge is -2.15. The number of allylic oxidation sites excluding steroid dienone is 1. The van der Waals surface area contributed by atoms with Gasteiger partial charge in [-0.05, 0) is 108 Å². The molecule has 0 saturated carbocycles. The van der Waals surface area contributed by atoms with E-state index in [-0.39, 0.29) is 0 Å². The second kappa shape index (κ2) is 9.53. The lowest BCUT2D eigenvalue weighted by molar-refractivity contribution is 0.666. The molecule has 0 radical (unpaired) electrons. The largest absolute Gasteiger partial charge is 0.454 e. The summed E-state index contributed by atoms with van der Waals surface area (Å²) in [6.45, 7) is 0. The average molecular weight is 620 g/mol. The van der Waals surface area contributed by atoms with E-state index in [0.29, 0.717) is 0 Å². The molecule has 6 heterocycles. The van der Waals surface area contributed by atoms with E-state index in [1.165, 1.54) is 11.4 Å². The predicted octanol–water partition coefficient (Wildman–Crippen LogP) is 10.2. The number of hydrogen-bond acceptors (Lipinski definition) is 5. The first-order valence-electron chi connectivity index (χ1n) is 16.1. The van der Waals surface area contributed by atoms with Crippen LogP contribution < -0.4 is 0 Å². The van der Waals surface area contributed by atoms with Crippen LogP contribution in [0.5, 0.6) is 0 Å². The Labute approximate surface area is 273 Å². The quantitative estimate of drug-likeness (QED) is 0.197. The predicted molar refractivity (Wildman–Crippen MR) is 190 cm³/mol. The summed E-state index contributed by atoms with van der Waals surface area (Å²) in [6, 6.07) is 32.2. The third kappa shape index (κ3) is 3.61. The fourth-order valence-corrected chi connectivity index (χ4v) is 7.56. The Morgan fingerprint density at radius 3 is 1.96 bits per heavy atom. The molecule has 1 aliphatic rings. The number of fused-ring (bicyclic) bond motifs is 11. The van der Waals surface area contributed by atoms with Crippen LogP contribution in [-0.4, -0.2) is 23.9 Å². The Kier molecular flexibility index (Phi) is 5.10. The maximum atomic E-state index is 6.13. The van der Waals surface area contributed by atoms with E-state index in [1.54, 1.807) is 12.4 Å². The maximum Gasteiger partial charge on any atom is 0.220 e. The molecule has 6 aromatic heterocycles. The van der Waals surface area contributed by atoms with Crippen LogP contribution in [0.2, 0.25) is 0 Å². The van der Waals surface area contributed by atoms with E-state index < -0.39 is 0 Å². The third-order valence-electron chi connectivity index (χ3n) is 9.76. The molecule has 0 fully saturated rings. The van der Waals surface area contributed by atoms with Crippen molar-refractivity contribution in [2.45, 2.75) is 12.8 Å². The minimum atomic E-state index is 0.788. The molecule has 0 N–H and O–H groups in total. The Morgan fingerprint density at radius 1 is 0.604 bits per heavy atom. The van der Waals surface area contributed by atoms with E-state index in [9.17, 15) is 0 Å². The molecule has 7 heteroatoms. The number of nitrogens with zero attached hydrogens (tertiary/aromatic N) is 5. The summed E-state index contributed by atoms with van der Waals surface area (Å²) in [4.78, 5) is 13.7. The first-order valence-corrected chi connectivity index (χ1v) is 16.1. The number of hydrogen-bond donors (Lipinski definition) is 0. The van der Waals surface area contributed by atoms with Gasteiger partial charge in [0.1, 0.15) is 11.2 Å². The summed E-state index contributed by atoms with van der Waals surface area (Å²) < 4.78 is 16.9. The average Bonchev–Trinajstić information content (AvgIpc) is 3.89. The molecule has 0 spiro atoms. The fraction of sp³-hybridized carbons (Fsp3) is 0.0488. The summed E-state index contributed by atoms with van der Waals surface area (Å²) in [6.07, 6.45) is 13.6. The molecule has 7 nitrogen and oxygen atoms in total. The molecule has 0 amide bonds. The van der Waals surface area contributed by atoms with E-state index in [1.807, 2.05) is 24.5 Å². The first kappa shape index (κ1) is 25.7. The Morgan fingerprint density at radius 2 is 1.27 bits per heavy atom. The zero-order chi connectivity index (χ0) is 31.3. The monoisotopic (exact) mass is 619 g/mol. The van der Waals surface area contributed by atoms with Crippen molar-refractivity contribution in [2.24, 2.45) is 0 Å². The summed E-state index contributed by atoms with van der Waals surface area (Å²) in [5.74, 6) is 0.920. The number of imidazole rings is 2. The Hall–Kier alpha value is -6.47. The van der Waals surface area contributed by atoms with Crippen molar-refractivity contribution in [3.8, 4) is 27.9 Å². The second-order valence-corrected chi connectivity index (χ2v) is 12.5. The van der Waals surface area contributed by atoms with Gasteiger partial charge in [-0.1, -0.05) is 30.3 Å². The number of aromatic nitrogens is 5. The summed E-state index contributed by atoms with van der Waals surface area (Å²) in [5.41, 5.74) is 13.3. The topological polar surface area (TPSA) is 74.3 Å². The van der Waals surface area contributed by atoms with Crippen LogP contribution in [0.15, 0.2) is 131 Å². The van der Waals surface area contributed by atoms with Gasteiger partial charge in [-0.3, -0.25) is 18.9 Å². The highest BCUT2D eigenvalue weighted by atomic mass is 16.3. The van der Waals surface area contributed by atoms with Gasteiger partial charge in [-0.15, -0.1) is 0 Å². The zero-order valence-electron chi connectivity index (χ0n) is 25.6. The lowest BCUT2D eigenvalue weighted by Crippen LogP contribution is -2.04. The van der Waals surface area contributed by atoms with Crippen molar-refractivity contribution in [3.05, 3.63) is 133 Å². The van der Waals surface area contributed by atoms with Gasteiger partial charge in [0.05, 0.1) is 40.5 Å². The van der Waals surface area contributed by atoms with Crippen molar-refractivity contribution < 1.29 is 8.83 Å². The normalized spacial score (nSPS) is 13.2. The molecule has 0 unspecified atom stereocenters. The number of para-hydroxylation sites is 2. The standard InChI is InChI=1S/C41H25N5O2/c1-2-6-34-33(5-1)44-41-45(35-7-3-4-8-36(35)46(34)41)28-18-26(24-9-11-37-31(20-24)29-13-15-42-22-39(29)47-37)17-27(19-28)25-10-12-38-32(21-25)30-14-16-43-23-40(30)48-38/h1-2,4-6,8-23H,3,7H2. The highest BCUT2D eigenvalue weighted by Gasteiger charge is 2.23. The van der Waals surface area contributed by atoms with Crippen LogP contribution in [0.1, 0.15) is 17.8 Å². The number of benzene rings is 4. The Balaban J connectivity index is 1.20. The molecule has 0 aliphatic heterocycles. The van der Waals surface area contributed by atoms with E-state index >= 15 is 0 Å². The summed E-state index contributed by atoms with van der Waals surface area (Å²) in [7, 11) is 0. The molecule has 0 atom stereocenters. The molecule has 10 aromatic rings. The van der Waals surface area contributed by atoms with Gasteiger partial charge in [-0.2, -0.15) is 0 Å². The van der Waals surface area contributed by atoms with Crippen LogP contribution in [0, 0.1) is 0 Å². The van der Waals surface area contributed by atoms with Gasteiger partial charge in [0.2, 0.25) is 5.78 Å². The summed E-state index contributed by atoms with van der Waals surface area (Å²) >= 11 is 0. The molecule has 0 saturated heterocycles. The molecule has 226 valence electrons. The minimum absolute atomic E-state index is 0.788. The zero-order valence-corrected chi connectivity index (χ0v) is 25.6. The highest BCUT2D eigenvalue weighted by molar-refractivity contribution is 6.07. The first-order chi connectivity index (χ1) is 23.8. The smallest absolute Gasteiger partial charge is 0.220 e. The van der Waals surface area contributed by atoms with Crippen molar-refractivity contribution in [2.75, 3.05) is 0 Å². The van der Waals surface area contributed by atoms with Crippen molar-refractivity contribution in [1.82, 2.24) is 23.9 Å². The number of pyridine rings is 2. The fourth-order valence-electron chi connectivity index (χ4n) is 7.56. The van der Waals surface area contributed by atoms with Crippen LogP contribution >= 0.6 is 0 Å². The van der Waals surface area contributed by atoms with Gasteiger partial charge in [0, 0.05) is 33.9 Å². The SMILES string of the molecule is C1=Cc2c(n(-c3cc(-c4ccc5oc6cnccc6c5c4)cc(-c4ccc5oc6cnccc6c5c4)c3)c3nc4ccccc4n23)CC1. The molecular weight excluding hydrogens is 594 g/mol. The molecule has 4 aromatic carbocycles. The van der Waals surface area contributed by atoms with Gasteiger partial charge >= 0.3 is 0 Å². The van der Waals surface area contributed by atoms with Gasteiger partial charge in [0.15, 0.2) is 11.2 Å². The minimum Gasteiger partial charge on any atom is -0.454 e. The number of rotatable bonds is 3. The second-order valence-electron chi connectivity index (χ2n) is 12.5. The van der Waals surface area contributed by atoms with Crippen molar-refractivity contribution in [1.29, 1.82) is 0 Å². The van der Waals surface area contributed by atoms with Crippen molar-refractivity contribution >= 4 is 66.8 Å². The molecule has 1 aliphatic carbocycles. The van der Waals surface area contributed by atoms with E-state index in [0.717, 1.165) is 101 Å². The van der Waals surface area contributed by atoms with Crippen molar-refractivity contribution in [3.63, 3.8) is 0 Å². The van der Waals surface area contributed by atoms with Crippen LogP contribution in [-0.2, 0) is 6.42 Å². The van der Waals surface area contributed by atoms with Crippen LogP contribution in [0.3, 0.4) is 0 Å². The molecule has 11 rings (SSSR count). The number of furan rings is 2. The van der Waals surface area contributed by atoms with E-state index in [2.05, 4.69) is 110 Å². The molecular formula is C41H25N5O2. The Bertz CT molecular complexity index is 2840. The molecule has 0 bridgehead atoms. The van der Waals surface area contributed by atoms with E-state index in [4.69, 9.17) is 13.8 Å². The summed E-state index contributed by atoms with van der Waals surface area (Å²) in [5, 5.41) is 4.26. The highest BCUT2D eigenvalue weighted by Crippen LogP contribution is 2.39. The van der Waals surface area contributed by atoms with Crippen LogP contribution in [0.4, 0.5) is 0 Å². The lowest BCUT2D eigenvalue weighted by atomic mass is 9.96. The third-order valence-corrected chi connectivity index (χ3v) is 9.76. The van der Waals surface area contributed by atoms with Gasteiger partial charge in [-0.25, -0.2) is 4.98 Å².